The van der Waals surface area contributed by atoms with Crippen LogP contribution in [0.15, 0.2) is 18.2 Å². The third-order valence-electron chi connectivity index (χ3n) is 3.00. The van der Waals surface area contributed by atoms with E-state index in [-0.39, 0.29) is 6.10 Å². The van der Waals surface area contributed by atoms with E-state index in [9.17, 15) is 17.2 Å². The van der Waals surface area contributed by atoms with Gasteiger partial charge in [-0.1, -0.05) is 0 Å². The summed E-state index contributed by atoms with van der Waals surface area (Å²) in [5.41, 5.74) is 0.333. The van der Waals surface area contributed by atoms with Crippen LogP contribution in [-0.4, -0.2) is 33.9 Å². The van der Waals surface area contributed by atoms with Crippen LogP contribution in [-0.2, 0) is 14.3 Å². The van der Waals surface area contributed by atoms with Gasteiger partial charge >= 0.3 is 0 Å². The molecule has 0 radical (unpaired) electrons. The van der Waals surface area contributed by atoms with Crippen molar-refractivity contribution in [2.45, 2.75) is 18.9 Å². The summed E-state index contributed by atoms with van der Waals surface area (Å²) in [6.45, 7) is 0.950. The van der Waals surface area contributed by atoms with Gasteiger partial charge < -0.3 is 4.90 Å². The second-order valence-corrected chi connectivity index (χ2v) is 6.18. The van der Waals surface area contributed by atoms with E-state index >= 15 is 0 Å². The Kier molecular flexibility index (Phi) is 4.05. The van der Waals surface area contributed by atoms with Crippen molar-refractivity contribution < 1.29 is 21.4 Å². The lowest BCUT2D eigenvalue weighted by Gasteiger charge is -2.33. The maximum absolute atomic E-state index is 13.6. The normalized spacial score (nSPS) is 17.7. The summed E-state index contributed by atoms with van der Waals surface area (Å²) in [6.07, 6.45) is 1.63. The highest BCUT2D eigenvalue weighted by Gasteiger charge is 2.24. The smallest absolute Gasteiger partial charge is 0.264 e. The van der Waals surface area contributed by atoms with Crippen LogP contribution >= 0.6 is 0 Å². The van der Waals surface area contributed by atoms with Crippen LogP contribution in [0.25, 0.3) is 0 Å². The minimum Gasteiger partial charge on any atom is -0.369 e. The molecular weight excluding hydrogens is 276 g/mol. The molecule has 7 heteroatoms. The molecule has 1 saturated heterocycles. The van der Waals surface area contributed by atoms with Gasteiger partial charge in [-0.05, 0) is 25.0 Å². The van der Waals surface area contributed by atoms with Gasteiger partial charge in [0.2, 0.25) is 0 Å². The number of halogens is 2. The number of benzene rings is 1. The summed E-state index contributed by atoms with van der Waals surface area (Å²) in [7, 11) is -3.46. The molecule has 1 fully saturated rings. The topological polar surface area (TPSA) is 46.6 Å². The van der Waals surface area contributed by atoms with E-state index in [4.69, 9.17) is 4.18 Å². The molecule has 0 aliphatic carbocycles. The number of hydrogen-bond acceptors (Lipinski definition) is 4. The fraction of sp³-hybridized carbons (Fsp3) is 0.500. The lowest BCUT2D eigenvalue weighted by atomic mass is 10.1. The van der Waals surface area contributed by atoms with E-state index in [1.165, 1.54) is 12.1 Å². The zero-order chi connectivity index (χ0) is 14.0. The van der Waals surface area contributed by atoms with E-state index < -0.39 is 21.8 Å². The number of anilines is 1. The lowest BCUT2D eigenvalue weighted by molar-refractivity contribution is 0.180. The predicted molar refractivity (Wildman–Crippen MR) is 67.5 cm³/mol. The second kappa shape index (κ2) is 5.42. The molecule has 19 heavy (non-hydrogen) atoms. The van der Waals surface area contributed by atoms with Crippen molar-refractivity contribution >= 4 is 15.8 Å². The van der Waals surface area contributed by atoms with Crippen molar-refractivity contribution in [1.29, 1.82) is 0 Å². The van der Waals surface area contributed by atoms with Gasteiger partial charge in [-0.3, -0.25) is 4.18 Å². The Morgan fingerprint density at radius 3 is 2.42 bits per heavy atom. The average Bonchev–Trinajstić information content (AvgIpc) is 2.28. The highest BCUT2D eigenvalue weighted by atomic mass is 32.2. The van der Waals surface area contributed by atoms with Crippen LogP contribution in [0, 0.1) is 11.6 Å². The molecule has 0 unspecified atom stereocenters. The van der Waals surface area contributed by atoms with E-state index in [1.807, 2.05) is 0 Å². The first-order valence-corrected chi connectivity index (χ1v) is 7.75. The van der Waals surface area contributed by atoms with Crippen molar-refractivity contribution in [3.05, 3.63) is 29.8 Å². The lowest BCUT2D eigenvalue weighted by Crippen LogP contribution is -2.38. The van der Waals surface area contributed by atoms with E-state index in [0.29, 0.717) is 31.6 Å². The maximum Gasteiger partial charge on any atom is 0.264 e. The van der Waals surface area contributed by atoms with E-state index in [1.54, 1.807) is 4.90 Å². The van der Waals surface area contributed by atoms with Gasteiger partial charge in [-0.2, -0.15) is 8.42 Å². The Bertz CT molecular complexity index is 554. The monoisotopic (exact) mass is 291 g/mol. The molecule has 0 aromatic heterocycles. The van der Waals surface area contributed by atoms with Crippen LogP contribution in [0.5, 0.6) is 0 Å². The number of rotatable bonds is 3. The molecule has 0 N–H and O–H groups in total. The molecule has 4 nitrogen and oxygen atoms in total. The first-order valence-electron chi connectivity index (χ1n) is 5.93. The van der Waals surface area contributed by atoms with Crippen molar-refractivity contribution in [1.82, 2.24) is 0 Å². The molecule has 0 amide bonds. The fourth-order valence-corrected chi connectivity index (χ4v) is 2.86. The van der Waals surface area contributed by atoms with Crippen LogP contribution in [0.4, 0.5) is 14.5 Å². The molecule has 1 aromatic rings. The van der Waals surface area contributed by atoms with Crippen LogP contribution in [0.3, 0.4) is 0 Å². The standard InChI is InChI=1S/C12H15F2NO3S/c1-19(16,17)18-10-4-6-15(7-5-10)12-3-2-9(13)8-11(12)14/h2-3,8,10H,4-7H2,1H3. The van der Waals surface area contributed by atoms with Crippen molar-refractivity contribution in [3.8, 4) is 0 Å². The zero-order valence-corrected chi connectivity index (χ0v) is 11.3. The molecule has 0 bridgehead atoms. The molecule has 2 rings (SSSR count). The molecule has 106 valence electrons. The first-order chi connectivity index (χ1) is 8.85. The minimum absolute atomic E-state index is 0.333. The molecular formula is C12H15F2NO3S. The molecule has 0 spiro atoms. The minimum atomic E-state index is -3.46. The summed E-state index contributed by atoms with van der Waals surface area (Å²) in [5.74, 6) is -1.22. The summed E-state index contributed by atoms with van der Waals surface area (Å²) >= 11 is 0. The zero-order valence-electron chi connectivity index (χ0n) is 10.5. The first kappa shape index (κ1) is 14.2. The predicted octanol–water partition coefficient (Wildman–Crippen LogP) is 1.91. The second-order valence-electron chi connectivity index (χ2n) is 4.58. The Hall–Kier alpha value is -1.21. The van der Waals surface area contributed by atoms with E-state index in [2.05, 4.69) is 0 Å². The molecule has 1 aromatic carbocycles. The highest BCUT2D eigenvalue weighted by molar-refractivity contribution is 7.86. The Morgan fingerprint density at radius 1 is 1.26 bits per heavy atom. The SMILES string of the molecule is CS(=O)(=O)OC1CCN(c2ccc(F)cc2F)CC1. The number of hydrogen-bond donors (Lipinski definition) is 0. The molecule has 0 saturated carbocycles. The third kappa shape index (κ3) is 3.87. The van der Waals surface area contributed by atoms with Crippen molar-refractivity contribution in [2.24, 2.45) is 0 Å². The van der Waals surface area contributed by atoms with Crippen molar-refractivity contribution in [2.75, 3.05) is 24.2 Å². The Balaban J connectivity index is 2.00. The van der Waals surface area contributed by atoms with Crippen LogP contribution < -0.4 is 4.90 Å². The third-order valence-corrected chi connectivity index (χ3v) is 3.63. The maximum atomic E-state index is 13.6. The molecule has 1 aliphatic rings. The van der Waals surface area contributed by atoms with Gasteiger partial charge in [0.1, 0.15) is 11.6 Å². The van der Waals surface area contributed by atoms with Crippen LogP contribution in [0.2, 0.25) is 0 Å². The Labute approximate surface area is 111 Å². The van der Waals surface area contributed by atoms with Gasteiger partial charge in [0, 0.05) is 19.2 Å². The number of piperidine rings is 1. The van der Waals surface area contributed by atoms with Gasteiger partial charge in [-0.25, -0.2) is 8.78 Å². The van der Waals surface area contributed by atoms with E-state index in [0.717, 1.165) is 12.3 Å². The van der Waals surface area contributed by atoms with Gasteiger partial charge in [-0.15, -0.1) is 0 Å². The molecule has 1 heterocycles. The van der Waals surface area contributed by atoms with Gasteiger partial charge in [0.15, 0.2) is 0 Å². The highest BCUT2D eigenvalue weighted by Crippen LogP contribution is 2.25. The summed E-state index contributed by atoms with van der Waals surface area (Å²) in [4.78, 5) is 1.76. The molecule has 0 atom stereocenters. The summed E-state index contributed by atoms with van der Waals surface area (Å²) in [6, 6.07) is 3.44. The quantitative estimate of drug-likeness (QED) is 0.798. The summed E-state index contributed by atoms with van der Waals surface area (Å²) in [5, 5.41) is 0. The van der Waals surface area contributed by atoms with Crippen LogP contribution in [0.1, 0.15) is 12.8 Å². The Morgan fingerprint density at radius 2 is 1.89 bits per heavy atom. The molecule has 1 aliphatic heterocycles. The van der Waals surface area contributed by atoms with Gasteiger partial charge in [0.05, 0.1) is 18.0 Å². The average molecular weight is 291 g/mol. The fourth-order valence-electron chi connectivity index (χ4n) is 2.18. The summed E-state index contributed by atoms with van der Waals surface area (Å²) < 4.78 is 53.3. The van der Waals surface area contributed by atoms with Gasteiger partial charge in [0.25, 0.3) is 10.1 Å². The number of nitrogens with zero attached hydrogens (tertiary/aromatic N) is 1. The largest absolute Gasteiger partial charge is 0.369 e. The van der Waals surface area contributed by atoms with Crippen molar-refractivity contribution in [3.63, 3.8) is 0 Å².